The summed E-state index contributed by atoms with van der Waals surface area (Å²) in [6.45, 7) is 16.7. The topological polar surface area (TPSA) is 9.23 Å². The van der Waals surface area contributed by atoms with E-state index in [1.165, 1.54) is 19.6 Å². The van der Waals surface area contributed by atoms with Gasteiger partial charge in [-0.3, -0.25) is 0 Å². The molecule has 0 fully saturated rings. The lowest BCUT2D eigenvalue weighted by Gasteiger charge is -2.35. The van der Waals surface area contributed by atoms with E-state index in [1.807, 2.05) is 6.08 Å². The summed E-state index contributed by atoms with van der Waals surface area (Å²) in [4.78, 5) is 0. The zero-order valence-corrected chi connectivity index (χ0v) is 11.2. The molecular weight excluding hydrogens is 186 g/mol. The van der Waals surface area contributed by atoms with Gasteiger partial charge in [0.25, 0.3) is 0 Å². The molecule has 0 atom stereocenters. The molecule has 0 radical (unpaired) electrons. The first-order valence-electron chi connectivity index (χ1n) is 5.97. The molecule has 0 saturated carbocycles. The molecular formula is C13H28NO+. The molecule has 0 saturated heterocycles. The Balaban J connectivity index is 4.05. The quantitative estimate of drug-likeness (QED) is 0.446. The van der Waals surface area contributed by atoms with Crippen molar-refractivity contribution in [1.29, 1.82) is 0 Å². The number of ether oxygens (including phenoxy) is 1. The van der Waals surface area contributed by atoms with E-state index in [2.05, 4.69) is 41.3 Å². The molecule has 2 nitrogen and oxygen atoms in total. The van der Waals surface area contributed by atoms with Gasteiger partial charge >= 0.3 is 0 Å². The van der Waals surface area contributed by atoms with Crippen molar-refractivity contribution >= 4 is 0 Å². The van der Waals surface area contributed by atoms with Gasteiger partial charge < -0.3 is 9.22 Å². The molecule has 15 heavy (non-hydrogen) atoms. The average Bonchev–Trinajstić information content (AvgIpc) is 2.23. The van der Waals surface area contributed by atoms with E-state index >= 15 is 0 Å². The molecule has 0 N–H and O–H groups in total. The van der Waals surface area contributed by atoms with E-state index in [1.54, 1.807) is 0 Å². The summed E-state index contributed by atoms with van der Waals surface area (Å²) >= 11 is 0. The van der Waals surface area contributed by atoms with Crippen molar-refractivity contribution in [2.75, 3.05) is 33.3 Å². The monoisotopic (exact) mass is 214 g/mol. The van der Waals surface area contributed by atoms with Gasteiger partial charge in [0, 0.05) is 6.42 Å². The third-order valence-corrected chi connectivity index (χ3v) is 3.37. The van der Waals surface area contributed by atoms with Gasteiger partial charge in [-0.2, -0.15) is 0 Å². The Morgan fingerprint density at radius 2 is 1.80 bits per heavy atom. The minimum Gasteiger partial charge on any atom is -0.371 e. The predicted molar refractivity (Wildman–Crippen MR) is 67.0 cm³/mol. The van der Waals surface area contributed by atoms with Crippen LogP contribution < -0.4 is 0 Å². The minimum atomic E-state index is -0.0297. The van der Waals surface area contributed by atoms with Crippen LogP contribution in [-0.2, 0) is 4.74 Å². The van der Waals surface area contributed by atoms with Gasteiger partial charge in [0.05, 0.1) is 38.9 Å². The zero-order valence-electron chi connectivity index (χ0n) is 11.2. The Hall–Kier alpha value is -0.340. The van der Waals surface area contributed by atoms with Crippen LogP contribution in [0.3, 0.4) is 0 Å². The number of rotatable bonds is 8. The minimum absolute atomic E-state index is 0.0297. The maximum absolute atomic E-state index is 5.73. The van der Waals surface area contributed by atoms with Crippen molar-refractivity contribution in [1.82, 2.24) is 0 Å². The standard InChI is InChI=1S/C13H28NO/c1-7-12-15-13(4,5)10-11-14(6,8-2)9-3/h7H,1,8-12H2,2-6H3/q+1. The molecule has 2 heteroatoms. The van der Waals surface area contributed by atoms with Gasteiger partial charge in [0.1, 0.15) is 0 Å². The molecule has 0 aromatic rings. The lowest BCUT2D eigenvalue weighted by Crippen LogP contribution is -2.46. The highest BCUT2D eigenvalue weighted by Gasteiger charge is 2.24. The van der Waals surface area contributed by atoms with Crippen LogP contribution in [0.4, 0.5) is 0 Å². The number of hydrogen-bond acceptors (Lipinski definition) is 1. The van der Waals surface area contributed by atoms with E-state index in [-0.39, 0.29) is 5.60 Å². The fourth-order valence-corrected chi connectivity index (χ4v) is 1.44. The van der Waals surface area contributed by atoms with E-state index in [0.29, 0.717) is 6.61 Å². The van der Waals surface area contributed by atoms with Gasteiger partial charge in [-0.05, 0) is 27.7 Å². The fraction of sp³-hybridized carbons (Fsp3) is 0.846. The Morgan fingerprint density at radius 1 is 1.27 bits per heavy atom. The molecule has 0 spiro atoms. The predicted octanol–water partition coefficient (Wildman–Crippen LogP) is 2.84. The summed E-state index contributed by atoms with van der Waals surface area (Å²) in [6.07, 6.45) is 2.91. The first-order chi connectivity index (χ1) is 6.89. The zero-order chi connectivity index (χ0) is 11.9. The van der Waals surface area contributed by atoms with Crippen LogP contribution in [0, 0.1) is 0 Å². The number of nitrogens with zero attached hydrogens (tertiary/aromatic N) is 1. The first kappa shape index (κ1) is 14.7. The molecule has 0 aliphatic heterocycles. The highest BCUT2D eigenvalue weighted by atomic mass is 16.5. The Morgan fingerprint density at radius 3 is 2.20 bits per heavy atom. The number of quaternary nitrogens is 1. The van der Waals surface area contributed by atoms with Crippen molar-refractivity contribution in [3.8, 4) is 0 Å². The lowest BCUT2D eigenvalue weighted by molar-refractivity contribution is -0.906. The normalized spacial score (nSPS) is 12.9. The lowest BCUT2D eigenvalue weighted by atomic mass is 10.0. The van der Waals surface area contributed by atoms with Gasteiger partial charge in [-0.15, -0.1) is 6.58 Å². The van der Waals surface area contributed by atoms with Crippen molar-refractivity contribution in [3.63, 3.8) is 0 Å². The van der Waals surface area contributed by atoms with Gasteiger partial charge in [-0.1, -0.05) is 6.08 Å². The van der Waals surface area contributed by atoms with Crippen molar-refractivity contribution in [2.45, 2.75) is 39.7 Å². The Bertz CT molecular complexity index is 183. The smallest absolute Gasteiger partial charge is 0.0812 e. The summed E-state index contributed by atoms with van der Waals surface area (Å²) in [7, 11) is 2.31. The summed E-state index contributed by atoms with van der Waals surface area (Å²) in [5.41, 5.74) is -0.0297. The van der Waals surface area contributed by atoms with Crippen LogP contribution in [0.25, 0.3) is 0 Å². The van der Waals surface area contributed by atoms with Crippen LogP contribution in [-0.4, -0.2) is 43.4 Å². The fourth-order valence-electron chi connectivity index (χ4n) is 1.44. The highest BCUT2D eigenvalue weighted by molar-refractivity contribution is 4.73. The van der Waals surface area contributed by atoms with E-state index in [0.717, 1.165) is 10.9 Å². The highest BCUT2D eigenvalue weighted by Crippen LogP contribution is 2.17. The average molecular weight is 214 g/mol. The van der Waals surface area contributed by atoms with Gasteiger partial charge in [-0.25, -0.2) is 0 Å². The van der Waals surface area contributed by atoms with Crippen LogP contribution in [0.1, 0.15) is 34.1 Å². The molecule has 0 heterocycles. The van der Waals surface area contributed by atoms with Crippen LogP contribution >= 0.6 is 0 Å². The third-order valence-electron chi connectivity index (χ3n) is 3.37. The maximum Gasteiger partial charge on any atom is 0.0812 e. The second-order valence-electron chi connectivity index (χ2n) is 5.08. The SMILES string of the molecule is C=CCOC(C)(C)CC[N+](C)(CC)CC. The second kappa shape index (κ2) is 6.29. The van der Waals surface area contributed by atoms with Crippen molar-refractivity contribution in [2.24, 2.45) is 0 Å². The molecule has 0 bridgehead atoms. The molecule has 0 aliphatic rings. The summed E-state index contributed by atoms with van der Waals surface area (Å²) in [5.74, 6) is 0. The summed E-state index contributed by atoms with van der Waals surface area (Å²) in [5, 5.41) is 0. The Kier molecular flexibility index (Phi) is 6.15. The number of hydrogen-bond donors (Lipinski definition) is 0. The van der Waals surface area contributed by atoms with Gasteiger partial charge in [0.15, 0.2) is 0 Å². The molecule has 0 amide bonds. The molecule has 0 rings (SSSR count). The largest absolute Gasteiger partial charge is 0.371 e. The molecule has 0 aromatic heterocycles. The molecule has 90 valence electrons. The van der Waals surface area contributed by atoms with Gasteiger partial charge in [0.2, 0.25) is 0 Å². The van der Waals surface area contributed by atoms with E-state index < -0.39 is 0 Å². The molecule has 0 aromatic carbocycles. The molecule has 0 aliphatic carbocycles. The molecule has 0 unspecified atom stereocenters. The maximum atomic E-state index is 5.73. The summed E-state index contributed by atoms with van der Waals surface area (Å²) in [6, 6.07) is 0. The van der Waals surface area contributed by atoms with E-state index in [9.17, 15) is 0 Å². The van der Waals surface area contributed by atoms with Crippen LogP contribution in [0.2, 0.25) is 0 Å². The first-order valence-corrected chi connectivity index (χ1v) is 5.97. The second-order valence-corrected chi connectivity index (χ2v) is 5.08. The van der Waals surface area contributed by atoms with Crippen molar-refractivity contribution < 1.29 is 9.22 Å². The third kappa shape index (κ3) is 5.95. The van der Waals surface area contributed by atoms with Crippen LogP contribution in [0.5, 0.6) is 0 Å². The Labute approximate surface area is 95.5 Å². The van der Waals surface area contributed by atoms with Crippen molar-refractivity contribution in [3.05, 3.63) is 12.7 Å². The van der Waals surface area contributed by atoms with Crippen LogP contribution in [0.15, 0.2) is 12.7 Å². The summed E-state index contributed by atoms with van der Waals surface area (Å²) < 4.78 is 6.86. The van der Waals surface area contributed by atoms with E-state index in [4.69, 9.17) is 4.74 Å².